The number of anilines is 1. The van der Waals surface area contributed by atoms with Gasteiger partial charge in [-0.15, -0.1) is 4.36 Å². The van der Waals surface area contributed by atoms with Gasteiger partial charge in [0.05, 0.1) is 31.3 Å². The number of ether oxygens (including phenoxy) is 3. The number of hydrogen-bond donors (Lipinski definition) is 2. The molecular weight excluding hydrogens is 797 g/mol. The fraction of sp³-hybridized carbons (Fsp3) is 0.609. The van der Waals surface area contributed by atoms with E-state index in [0.717, 1.165) is 50.9 Å². The second-order valence-electron chi connectivity index (χ2n) is 18.4. The van der Waals surface area contributed by atoms with Crippen molar-refractivity contribution in [3.63, 3.8) is 0 Å². The van der Waals surface area contributed by atoms with Crippen molar-refractivity contribution in [1.29, 1.82) is 0 Å². The molecule has 14 nitrogen and oxygen atoms in total. The fourth-order valence-electron chi connectivity index (χ4n) is 10.1. The molecule has 3 aliphatic heterocycles. The minimum atomic E-state index is -3.65. The summed E-state index contributed by atoms with van der Waals surface area (Å²) in [5.41, 5.74) is 4.80. The zero-order valence-corrected chi connectivity index (χ0v) is 37.6. The Labute approximate surface area is 361 Å². The number of carbonyl (C=O) groups excluding carboxylic acids is 4. The Morgan fingerprint density at radius 1 is 1.05 bits per heavy atom. The number of hydrogen-bond acceptors (Lipinski definition) is 9. The molecule has 332 valence electrons. The smallest absolute Gasteiger partial charge is 0.407 e. The number of fused-ring (bicyclic) bond motifs is 4. The molecule has 2 aromatic carbocycles. The predicted molar refractivity (Wildman–Crippen MR) is 235 cm³/mol. The average Bonchev–Trinajstić information content (AvgIpc) is 3.36. The van der Waals surface area contributed by atoms with Crippen LogP contribution in [0.3, 0.4) is 0 Å². The highest BCUT2D eigenvalue weighted by Gasteiger charge is 2.45. The molecule has 3 heterocycles. The van der Waals surface area contributed by atoms with E-state index in [1.807, 2.05) is 39.8 Å². The Hall–Kier alpha value is -4.63. The Morgan fingerprint density at radius 3 is 2.56 bits per heavy atom. The topological polar surface area (TPSA) is 159 Å². The first kappa shape index (κ1) is 44.4. The van der Waals surface area contributed by atoms with Crippen LogP contribution in [0.15, 0.2) is 52.9 Å². The lowest BCUT2D eigenvalue weighted by atomic mass is 9.68. The van der Waals surface area contributed by atoms with Crippen molar-refractivity contribution >= 4 is 39.5 Å². The van der Waals surface area contributed by atoms with Gasteiger partial charge in [0.15, 0.2) is 0 Å². The molecule has 7 rings (SSSR count). The number of methoxy groups -OCH3 is 2. The Balaban J connectivity index is 1.18. The molecule has 1 unspecified atom stereocenters. The number of amides is 5. The maximum atomic E-state index is 14.9. The van der Waals surface area contributed by atoms with E-state index >= 15 is 0 Å². The maximum absolute atomic E-state index is 14.9. The largest absolute Gasteiger partial charge is 0.490 e. The van der Waals surface area contributed by atoms with E-state index in [2.05, 4.69) is 56.6 Å². The van der Waals surface area contributed by atoms with E-state index in [9.17, 15) is 23.4 Å². The summed E-state index contributed by atoms with van der Waals surface area (Å²) < 4.78 is 39.5. The first-order valence-corrected chi connectivity index (χ1v) is 23.6. The van der Waals surface area contributed by atoms with E-state index in [1.165, 1.54) is 28.7 Å². The van der Waals surface area contributed by atoms with Gasteiger partial charge in [-0.1, -0.05) is 56.7 Å². The highest BCUT2D eigenvalue weighted by atomic mass is 32.2. The Bertz CT molecular complexity index is 2150. The van der Waals surface area contributed by atoms with Gasteiger partial charge >= 0.3 is 12.1 Å². The van der Waals surface area contributed by atoms with Gasteiger partial charge < -0.3 is 34.2 Å². The molecule has 15 heteroatoms. The number of alkyl carbamates (subject to hydrolysis) is 1. The molecule has 2 aromatic rings. The minimum Gasteiger partial charge on any atom is -0.490 e. The van der Waals surface area contributed by atoms with Crippen molar-refractivity contribution in [2.45, 2.75) is 96.7 Å². The molecular formula is C46H64N6O8S. The van der Waals surface area contributed by atoms with Crippen LogP contribution in [-0.4, -0.2) is 115 Å². The zero-order chi connectivity index (χ0) is 43.6. The van der Waals surface area contributed by atoms with E-state index in [1.54, 1.807) is 18.1 Å². The summed E-state index contributed by atoms with van der Waals surface area (Å²) in [5, 5.41) is 2.63. The van der Waals surface area contributed by atoms with Crippen LogP contribution in [0, 0.1) is 30.6 Å². The number of carbonyl (C=O) groups is 4. The van der Waals surface area contributed by atoms with Crippen LogP contribution in [0.2, 0.25) is 0 Å². The first-order chi connectivity index (χ1) is 29.1. The van der Waals surface area contributed by atoms with Crippen LogP contribution >= 0.6 is 0 Å². The van der Waals surface area contributed by atoms with Crippen molar-refractivity contribution in [3.8, 4) is 5.75 Å². The number of piperazine rings is 1. The molecule has 8 atom stereocenters. The number of aryl methyl sites for hydroxylation is 2. The van der Waals surface area contributed by atoms with E-state index in [0.29, 0.717) is 30.6 Å². The maximum Gasteiger partial charge on any atom is 0.407 e. The third-order valence-corrected chi connectivity index (χ3v) is 15.5. The van der Waals surface area contributed by atoms with Gasteiger partial charge in [-0.05, 0) is 105 Å². The monoisotopic (exact) mass is 860 g/mol. The van der Waals surface area contributed by atoms with Gasteiger partial charge in [0.1, 0.15) is 21.7 Å². The average molecular weight is 861 g/mol. The number of allylic oxidation sites excluding steroid dienone is 1. The summed E-state index contributed by atoms with van der Waals surface area (Å²) in [4.78, 5) is 59.4. The normalized spacial score (nSPS) is 30.1. The van der Waals surface area contributed by atoms with Crippen molar-refractivity contribution in [3.05, 3.63) is 70.8 Å². The molecule has 2 N–H and O–H groups in total. The third kappa shape index (κ3) is 9.57. The van der Waals surface area contributed by atoms with Crippen LogP contribution in [0.4, 0.5) is 15.3 Å². The number of benzene rings is 2. The van der Waals surface area contributed by atoms with Gasteiger partial charge in [-0.3, -0.25) is 14.3 Å². The summed E-state index contributed by atoms with van der Waals surface area (Å²) in [7, 11) is -0.645. The first-order valence-electron chi connectivity index (χ1n) is 21.9. The van der Waals surface area contributed by atoms with Crippen LogP contribution in [0.25, 0.3) is 0 Å². The molecule has 2 fully saturated rings. The highest BCUT2D eigenvalue weighted by Crippen LogP contribution is 2.47. The number of urea groups is 1. The number of nitrogens with one attached hydrogen (secondary N) is 2. The van der Waals surface area contributed by atoms with Gasteiger partial charge in [-0.2, -0.15) is 0 Å². The lowest BCUT2D eigenvalue weighted by Crippen LogP contribution is -2.61. The zero-order valence-electron chi connectivity index (χ0n) is 36.8. The predicted octanol–water partition coefficient (Wildman–Crippen LogP) is 6.25. The summed E-state index contributed by atoms with van der Waals surface area (Å²) in [5.74, 6) is -0.0320. The van der Waals surface area contributed by atoms with Crippen LogP contribution in [0.1, 0.15) is 86.8 Å². The molecule has 5 aliphatic rings. The number of nitrogens with zero attached hydrogens (tertiary/aromatic N) is 4. The van der Waals surface area contributed by atoms with Gasteiger partial charge in [-0.25, -0.2) is 13.8 Å². The van der Waals surface area contributed by atoms with E-state index < -0.39 is 40.0 Å². The molecule has 1 spiro atoms. The fourth-order valence-corrected chi connectivity index (χ4v) is 12.0. The SMILES string of the molecule is COC(=O)N[C@H](C(=O)N1CCN(C(=O)NS2(=O)=NC(=O)c3ccc4c(c3)N(C[C@@H]3CC[C@H]3[C@@H](OC)/C=C/C[C@H](C)C2)C[C@@]2(CCCc3cc(C)ccc32)CO4)C[C@@H]1C)C(C)C. The Morgan fingerprint density at radius 2 is 1.85 bits per heavy atom. The minimum absolute atomic E-state index is 0.0522. The number of rotatable bonds is 5. The molecule has 61 heavy (non-hydrogen) atoms. The standard InChI is InChI=1S/C46H64N6O8S/c1-29(2)41(47-45(56)59-7)43(54)52-21-20-50(24-32(52)5)44(55)49-61(57)26-31(4)10-8-12-39(58-6)36-16-14-35(36)25-51-27-46(19-9-11-33-22-30(3)13-17-37(33)46)28-60-40-18-15-34(23-38(40)51)42(53)48-61/h8,12-13,15,17-18,22-23,29,31-32,35-36,39,41H,9-11,14,16,19-21,24-28H2,1-7H3,(H,47,56)(H,48,49,53,55,57)/b12-8+/t31-,32-,35-,36+,39-,41-,46-,61?/m0/s1. The summed E-state index contributed by atoms with van der Waals surface area (Å²) >= 11 is 0. The molecule has 5 amide bonds. The third-order valence-electron chi connectivity index (χ3n) is 13.5. The van der Waals surface area contributed by atoms with Gasteiger partial charge in [0.2, 0.25) is 5.91 Å². The van der Waals surface area contributed by atoms with Crippen molar-refractivity contribution in [2.24, 2.45) is 28.0 Å². The second-order valence-corrected chi connectivity index (χ2v) is 20.4. The molecule has 1 saturated heterocycles. The van der Waals surface area contributed by atoms with E-state index in [-0.39, 0.29) is 60.2 Å². The molecule has 1 saturated carbocycles. The molecule has 0 aromatic heterocycles. The van der Waals surface area contributed by atoms with E-state index in [4.69, 9.17) is 14.2 Å². The van der Waals surface area contributed by atoms with Crippen molar-refractivity contribution in [2.75, 3.05) is 64.2 Å². The summed E-state index contributed by atoms with van der Waals surface area (Å²) in [6.07, 6.45) is 9.16. The van der Waals surface area contributed by atoms with Crippen molar-refractivity contribution < 1.29 is 37.6 Å². The molecule has 0 radical (unpaired) electrons. The van der Waals surface area contributed by atoms with Gasteiger partial charge in [0.25, 0.3) is 5.91 Å². The lowest BCUT2D eigenvalue weighted by molar-refractivity contribution is -0.138. The van der Waals surface area contributed by atoms with Gasteiger partial charge in [0, 0.05) is 56.9 Å². The van der Waals surface area contributed by atoms with Crippen LogP contribution in [-0.2, 0) is 36.0 Å². The van der Waals surface area contributed by atoms with Crippen molar-refractivity contribution in [1.82, 2.24) is 19.8 Å². The molecule has 2 aliphatic carbocycles. The lowest BCUT2D eigenvalue weighted by Gasteiger charge is -2.46. The quantitative estimate of drug-likeness (QED) is 0.332. The van der Waals surface area contributed by atoms with Crippen LogP contribution < -0.4 is 19.7 Å². The second kappa shape index (κ2) is 18.4. The molecule has 2 bridgehead atoms. The summed E-state index contributed by atoms with van der Waals surface area (Å²) in [6.45, 7) is 12.1. The Kier molecular flexibility index (Phi) is 13.4. The highest BCUT2D eigenvalue weighted by molar-refractivity contribution is 7.92. The summed E-state index contributed by atoms with van der Waals surface area (Å²) in [6, 6.07) is 10.3. The van der Waals surface area contributed by atoms with Crippen LogP contribution in [0.5, 0.6) is 5.75 Å².